The second-order valence-corrected chi connectivity index (χ2v) is 7.79. The molecule has 1 aromatic carbocycles. The van der Waals surface area contributed by atoms with Crippen LogP contribution in [0.1, 0.15) is 52.4 Å². The predicted molar refractivity (Wildman–Crippen MR) is 112 cm³/mol. The van der Waals surface area contributed by atoms with Crippen LogP contribution in [0.4, 0.5) is 13.2 Å². The first-order valence-corrected chi connectivity index (χ1v) is 10.1. The minimum absolute atomic E-state index is 0.0288. The van der Waals surface area contributed by atoms with Gasteiger partial charge in [-0.05, 0) is 42.9 Å². The average Bonchev–Trinajstić information content (AvgIpc) is 3.15. The highest BCUT2D eigenvalue weighted by molar-refractivity contribution is 6.02. The fourth-order valence-electron chi connectivity index (χ4n) is 3.93. The Morgan fingerprint density at radius 3 is 2.47 bits per heavy atom. The second kappa shape index (κ2) is 9.41. The summed E-state index contributed by atoms with van der Waals surface area (Å²) in [5.41, 5.74) is 10.2. The number of carbonyl (C=O) groups excluding carboxylic acids is 2. The quantitative estimate of drug-likeness (QED) is 0.535. The van der Waals surface area contributed by atoms with Crippen molar-refractivity contribution in [2.24, 2.45) is 23.5 Å². The van der Waals surface area contributed by atoms with Crippen LogP contribution in [0.3, 0.4) is 0 Å². The molecule has 0 aliphatic carbocycles. The van der Waals surface area contributed by atoms with Crippen LogP contribution in [-0.4, -0.2) is 45.3 Å². The molecule has 32 heavy (non-hydrogen) atoms. The van der Waals surface area contributed by atoms with Gasteiger partial charge < -0.3 is 20.9 Å². The summed E-state index contributed by atoms with van der Waals surface area (Å²) in [6.45, 7) is 0.752. The van der Waals surface area contributed by atoms with Gasteiger partial charge in [0.05, 0.1) is 11.9 Å². The topological polar surface area (TPSA) is 120 Å². The van der Waals surface area contributed by atoms with Crippen molar-refractivity contribution in [1.82, 2.24) is 14.5 Å². The van der Waals surface area contributed by atoms with E-state index in [2.05, 4.69) is 9.98 Å². The molecule has 1 aliphatic rings. The number of halogens is 3. The average molecular weight is 450 g/mol. The number of aromatic nitrogens is 2. The van der Waals surface area contributed by atoms with Gasteiger partial charge >= 0.3 is 6.18 Å². The minimum atomic E-state index is -4.64. The number of likely N-dealkylation sites (tertiary alicyclic amines) is 1. The summed E-state index contributed by atoms with van der Waals surface area (Å²) in [6, 6.07) is 3.39. The second-order valence-electron chi connectivity index (χ2n) is 7.79. The van der Waals surface area contributed by atoms with Gasteiger partial charge in [0.1, 0.15) is 0 Å². The Hall–Kier alpha value is -3.37. The van der Waals surface area contributed by atoms with Crippen LogP contribution >= 0.6 is 0 Å². The predicted octanol–water partition coefficient (Wildman–Crippen LogP) is 2.19. The summed E-state index contributed by atoms with van der Waals surface area (Å²) >= 11 is 0. The van der Waals surface area contributed by atoms with E-state index in [4.69, 9.17) is 11.5 Å². The van der Waals surface area contributed by atoms with Crippen molar-refractivity contribution in [3.63, 3.8) is 0 Å². The van der Waals surface area contributed by atoms with Gasteiger partial charge in [-0.1, -0.05) is 6.07 Å². The molecule has 1 aliphatic heterocycles. The van der Waals surface area contributed by atoms with E-state index in [1.54, 1.807) is 17.4 Å². The molecule has 0 spiro atoms. The Labute approximate surface area is 183 Å². The van der Waals surface area contributed by atoms with Crippen molar-refractivity contribution in [1.29, 1.82) is 0 Å². The zero-order valence-corrected chi connectivity index (χ0v) is 17.6. The van der Waals surface area contributed by atoms with Gasteiger partial charge in [-0.2, -0.15) is 18.2 Å². The van der Waals surface area contributed by atoms with E-state index in [1.807, 2.05) is 11.6 Å². The summed E-state index contributed by atoms with van der Waals surface area (Å²) in [4.78, 5) is 33.5. The smallest absolute Gasteiger partial charge is 0.370 e. The fraction of sp³-hybridized carbons (Fsp3) is 0.429. The van der Waals surface area contributed by atoms with Crippen LogP contribution in [0.5, 0.6) is 0 Å². The Balaban J connectivity index is 1.68. The summed E-state index contributed by atoms with van der Waals surface area (Å²) in [7, 11) is 1.85. The van der Waals surface area contributed by atoms with E-state index in [-0.39, 0.29) is 23.0 Å². The van der Waals surface area contributed by atoms with Crippen LogP contribution in [0.2, 0.25) is 0 Å². The number of hydrogen-bond acceptors (Lipinski definition) is 3. The third-order valence-corrected chi connectivity index (χ3v) is 5.64. The number of alkyl halides is 3. The Morgan fingerprint density at radius 1 is 1.22 bits per heavy atom. The number of carbonyl (C=O) groups is 2. The molecule has 172 valence electrons. The maximum atomic E-state index is 13.7. The number of imidazole rings is 1. The molecule has 0 unspecified atom stereocenters. The lowest BCUT2D eigenvalue weighted by Crippen LogP contribution is -2.38. The molecular weight excluding hydrogens is 425 g/mol. The standard InChI is InChI=1S/C21H25F3N6O2/c1-29-12-27-11-15(29)3-5-18(31)30-8-6-13(7-9-30)16-4-2-14(19(32)28-20(25)26)10-17(16)21(22,23)24/h2,4,10-13H,3,5-9H2,1H3,(H4,25,26,28,32). The summed E-state index contributed by atoms with van der Waals surface area (Å²) < 4.78 is 43.0. The van der Waals surface area contributed by atoms with Crippen LogP contribution in [0, 0.1) is 0 Å². The third-order valence-electron chi connectivity index (χ3n) is 5.64. The van der Waals surface area contributed by atoms with E-state index in [9.17, 15) is 22.8 Å². The van der Waals surface area contributed by atoms with Gasteiger partial charge in [-0.15, -0.1) is 0 Å². The lowest BCUT2D eigenvalue weighted by molar-refractivity contribution is -0.139. The molecule has 8 nitrogen and oxygen atoms in total. The number of nitrogens with zero attached hydrogens (tertiary/aromatic N) is 4. The lowest BCUT2D eigenvalue weighted by atomic mass is 9.85. The molecule has 4 N–H and O–H groups in total. The Morgan fingerprint density at radius 2 is 1.91 bits per heavy atom. The first-order chi connectivity index (χ1) is 15.1. The molecule has 11 heteroatoms. The van der Waals surface area contributed by atoms with E-state index in [0.717, 1.165) is 11.8 Å². The number of benzene rings is 1. The van der Waals surface area contributed by atoms with Crippen molar-refractivity contribution < 1.29 is 22.8 Å². The minimum Gasteiger partial charge on any atom is -0.370 e. The zero-order chi connectivity index (χ0) is 23.5. The maximum Gasteiger partial charge on any atom is 0.416 e. The van der Waals surface area contributed by atoms with Crippen molar-refractivity contribution in [2.45, 2.75) is 37.8 Å². The molecule has 2 amide bonds. The van der Waals surface area contributed by atoms with E-state index < -0.39 is 23.6 Å². The highest BCUT2D eigenvalue weighted by atomic mass is 19.4. The number of hydrogen-bond donors (Lipinski definition) is 2. The van der Waals surface area contributed by atoms with Gasteiger partial charge in [-0.25, -0.2) is 4.98 Å². The highest BCUT2D eigenvalue weighted by Gasteiger charge is 2.37. The SMILES string of the molecule is Cn1cncc1CCC(=O)N1CCC(c2ccc(C(=O)N=C(N)N)cc2C(F)(F)F)CC1. The molecule has 3 rings (SSSR count). The number of rotatable bonds is 5. The first-order valence-electron chi connectivity index (χ1n) is 10.1. The number of piperidine rings is 1. The molecule has 0 bridgehead atoms. The molecule has 1 fully saturated rings. The van der Waals surface area contributed by atoms with Crippen molar-refractivity contribution in [2.75, 3.05) is 13.1 Å². The molecule has 1 saturated heterocycles. The largest absolute Gasteiger partial charge is 0.416 e. The van der Waals surface area contributed by atoms with Gasteiger partial charge in [0.2, 0.25) is 5.91 Å². The summed E-state index contributed by atoms with van der Waals surface area (Å²) in [6.07, 6.45) is 0.418. The molecule has 2 aromatic rings. The van der Waals surface area contributed by atoms with Crippen LogP contribution in [0.15, 0.2) is 35.7 Å². The lowest BCUT2D eigenvalue weighted by Gasteiger charge is -2.33. The van der Waals surface area contributed by atoms with Gasteiger partial charge in [-0.3, -0.25) is 9.59 Å². The number of aliphatic imine (C=N–C) groups is 1. The van der Waals surface area contributed by atoms with Crippen LogP contribution in [0.25, 0.3) is 0 Å². The van der Waals surface area contributed by atoms with Gasteiger partial charge in [0.25, 0.3) is 5.91 Å². The molecule has 0 saturated carbocycles. The third kappa shape index (κ3) is 5.45. The fourth-order valence-corrected chi connectivity index (χ4v) is 3.93. The van der Waals surface area contributed by atoms with Crippen molar-refractivity contribution >= 4 is 17.8 Å². The number of amides is 2. The number of aryl methyl sites for hydroxylation is 2. The van der Waals surface area contributed by atoms with Crippen molar-refractivity contribution in [3.8, 4) is 0 Å². The number of guanidine groups is 1. The zero-order valence-electron chi connectivity index (χ0n) is 17.6. The molecule has 0 atom stereocenters. The Bertz CT molecular complexity index is 1020. The molecule has 0 radical (unpaired) electrons. The summed E-state index contributed by atoms with van der Waals surface area (Å²) in [5, 5.41) is 0. The van der Waals surface area contributed by atoms with E-state index in [0.29, 0.717) is 38.8 Å². The normalized spacial score (nSPS) is 14.9. The molecule has 1 aromatic heterocycles. The first kappa shape index (κ1) is 23.3. The van der Waals surface area contributed by atoms with E-state index in [1.165, 1.54) is 12.1 Å². The monoisotopic (exact) mass is 450 g/mol. The maximum absolute atomic E-state index is 13.7. The summed E-state index contributed by atoms with van der Waals surface area (Å²) in [5.74, 6) is -1.86. The van der Waals surface area contributed by atoms with Crippen LogP contribution in [-0.2, 0) is 24.4 Å². The molecular formula is C21H25F3N6O2. The molecule has 2 heterocycles. The van der Waals surface area contributed by atoms with Gasteiger partial charge in [0.15, 0.2) is 5.96 Å². The van der Waals surface area contributed by atoms with Crippen molar-refractivity contribution in [3.05, 3.63) is 53.1 Å². The number of nitrogens with two attached hydrogens (primary N) is 2. The van der Waals surface area contributed by atoms with Gasteiger partial charge in [0, 0.05) is 44.0 Å². The van der Waals surface area contributed by atoms with Crippen LogP contribution < -0.4 is 11.5 Å². The van der Waals surface area contributed by atoms with E-state index >= 15 is 0 Å². The Kier molecular flexibility index (Phi) is 6.85. The highest BCUT2D eigenvalue weighted by Crippen LogP contribution is 2.39.